The Kier molecular flexibility index (Phi) is 7.53. The van der Waals surface area contributed by atoms with Gasteiger partial charge in [-0.15, -0.1) is 0 Å². The lowest BCUT2D eigenvalue weighted by Gasteiger charge is -2.09. The summed E-state index contributed by atoms with van der Waals surface area (Å²) in [6, 6.07) is 3.79. The molecule has 90 valence electrons. The van der Waals surface area contributed by atoms with Gasteiger partial charge in [0.2, 0.25) is 10.0 Å². The number of nitrogens with zero attached hydrogens (tertiary/aromatic N) is 2. The Hall–Kier alpha value is -1.11. The molecule has 0 heterocycles. The van der Waals surface area contributed by atoms with Gasteiger partial charge in [-0.3, -0.25) is 0 Å². The summed E-state index contributed by atoms with van der Waals surface area (Å²) < 4.78 is 25.4. The van der Waals surface area contributed by atoms with Crippen LogP contribution >= 0.6 is 0 Å². The van der Waals surface area contributed by atoms with E-state index in [1.165, 1.54) is 0 Å². The Balaban J connectivity index is 3.85. The van der Waals surface area contributed by atoms with Crippen molar-refractivity contribution in [3.05, 3.63) is 0 Å². The van der Waals surface area contributed by atoms with Crippen molar-refractivity contribution >= 4 is 10.0 Å². The third-order valence-corrected chi connectivity index (χ3v) is 3.95. The number of nitrogens with one attached hydrogen (secondary N) is 1. The summed E-state index contributed by atoms with van der Waals surface area (Å²) in [4.78, 5) is 0. The minimum atomic E-state index is -3.49. The second-order valence-electron chi connectivity index (χ2n) is 3.43. The van der Waals surface area contributed by atoms with E-state index in [2.05, 4.69) is 4.72 Å². The summed E-state index contributed by atoms with van der Waals surface area (Å²) in [5.74, 6) is 0. The van der Waals surface area contributed by atoms with Gasteiger partial charge in [-0.25, -0.2) is 13.1 Å². The average molecular weight is 243 g/mol. The fraction of sp³-hybridized carbons (Fsp3) is 0.800. The standard InChI is InChI=1S/C10H17N3O2S/c1-2-10(9-12)16(14,15)13-8-6-4-3-5-7-11/h10,13H,2-6,8H2,1H3. The first-order valence-corrected chi connectivity index (χ1v) is 6.88. The lowest BCUT2D eigenvalue weighted by atomic mass is 10.2. The Labute approximate surface area is 97.1 Å². The van der Waals surface area contributed by atoms with Crippen LogP contribution in [0.2, 0.25) is 0 Å². The Morgan fingerprint density at radius 2 is 1.94 bits per heavy atom. The molecule has 0 aromatic rings. The monoisotopic (exact) mass is 243 g/mol. The van der Waals surface area contributed by atoms with Crippen LogP contribution in [0.25, 0.3) is 0 Å². The molecule has 0 aliphatic rings. The minimum absolute atomic E-state index is 0.292. The van der Waals surface area contributed by atoms with Crippen molar-refractivity contribution in [1.29, 1.82) is 10.5 Å². The number of sulfonamides is 1. The van der Waals surface area contributed by atoms with Gasteiger partial charge in [-0.1, -0.05) is 13.3 Å². The van der Waals surface area contributed by atoms with E-state index in [1.54, 1.807) is 13.0 Å². The molecule has 1 atom stereocenters. The van der Waals surface area contributed by atoms with E-state index in [0.29, 0.717) is 25.8 Å². The van der Waals surface area contributed by atoms with Crippen molar-refractivity contribution in [2.75, 3.05) is 6.54 Å². The van der Waals surface area contributed by atoms with Gasteiger partial charge in [0.25, 0.3) is 0 Å². The predicted molar refractivity (Wildman–Crippen MR) is 60.7 cm³/mol. The first-order chi connectivity index (χ1) is 7.58. The zero-order valence-electron chi connectivity index (χ0n) is 9.44. The van der Waals surface area contributed by atoms with Crippen molar-refractivity contribution in [3.63, 3.8) is 0 Å². The molecule has 5 nitrogen and oxygen atoms in total. The maximum absolute atomic E-state index is 11.5. The second kappa shape index (κ2) is 8.09. The molecule has 16 heavy (non-hydrogen) atoms. The molecule has 0 saturated heterocycles. The van der Waals surface area contributed by atoms with Gasteiger partial charge < -0.3 is 0 Å². The average Bonchev–Trinajstić information content (AvgIpc) is 2.24. The zero-order valence-corrected chi connectivity index (χ0v) is 10.3. The maximum atomic E-state index is 11.5. The van der Waals surface area contributed by atoms with Crippen LogP contribution in [-0.4, -0.2) is 20.2 Å². The van der Waals surface area contributed by atoms with E-state index in [4.69, 9.17) is 10.5 Å². The van der Waals surface area contributed by atoms with Crippen LogP contribution in [-0.2, 0) is 10.0 Å². The molecule has 0 fully saturated rings. The fourth-order valence-corrected chi connectivity index (χ4v) is 2.41. The van der Waals surface area contributed by atoms with E-state index in [1.807, 2.05) is 6.07 Å². The van der Waals surface area contributed by atoms with Crippen LogP contribution in [0, 0.1) is 22.7 Å². The van der Waals surface area contributed by atoms with E-state index < -0.39 is 15.3 Å². The van der Waals surface area contributed by atoms with Crippen LogP contribution in [0.15, 0.2) is 0 Å². The van der Waals surface area contributed by atoms with Crippen LogP contribution in [0.5, 0.6) is 0 Å². The fourth-order valence-electron chi connectivity index (χ4n) is 1.20. The number of nitriles is 2. The molecular weight excluding hydrogens is 226 g/mol. The summed E-state index contributed by atoms with van der Waals surface area (Å²) in [5.41, 5.74) is 0. The molecule has 1 N–H and O–H groups in total. The van der Waals surface area contributed by atoms with E-state index >= 15 is 0 Å². The smallest absolute Gasteiger partial charge is 0.214 e. The summed E-state index contributed by atoms with van der Waals surface area (Å²) in [7, 11) is -3.49. The molecule has 0 bridgehead atoms. The van der Waals surface area contributed by atoms with E-state index in [-0.39, 0.29) is 0 Å². The summed E-state index contributed by atoms with van der Waals surface area (Å²) in [6.07, 6.45) is 3.10. The summed E-state index contributed by atoms with van der Waals surface area (Å²) in [5, 5.41) is 16.0. The normalized spacial score (nSPS) is 12.7. The van der Waals surface area contributed by atoms with Gasteiger partial charge in [0.1, 0.15) is 0 Å². The van der Waals surface area contributed by atoms with Crippen LogP contribution in [0.1, 0.15) is 39.0 Å². The summed E-state index contributed by atoms with van der Waals surface area (Å²) in [6.45, 7) is 2.01. The highest BCUT2D eigenvalue weighted by Crippen LogP contribution is 2.03. The SMILES string of the molecule is CCC(C#N)S(=O)(=O)NCCCCCC#N. The van der Waals surface area contributed by atoms with Crippen molar-refractivity contribution in [3.8, 4) is 12.1 Å². The first kappa shape index (κ1) is 14.9. The molecule has 6 heteroatoms. The number of rotatable bonds is 8. The van der Waals surface area contributed by atoms with Crippen molar-refractivity contribution in [1.82, 2.24) is 4.72 Å². The van der Waals surface area contributed by atoms with Crippen molar-refractivity contribution in [2.24, 2.45) is 0 Å². The van der Waals surface area contributed by atoms with Gasteiger partial charge in [-0.2, -0.15) is 10.5 Å². The van der Waals surface area contributed by atoms with Gasteiger partial charge >= 0.3 is 0 Å². The molecule has 0 rings (SSSR count). The van der Waals surface area contributed by atoms with Gasteiger partial charge in [0.15, 0.2) is 5.25 Å². The van der Waals surface area contributed by atoms with E-state index in [0.717, 1.165) is 12.8 Å². The third-order valence-electron chi connectivity index (χ3n) is 2.16. The second-order valence-corrected chi connectivity index (χ2v) is 5.38. The van der Waals surface area contributed by atoms with Gasteiger partial charge in [0, 0.05) is 13.0 Å². The highest BCUT2D eigenvalue weighted by Gasteiger charge is 2.22. The molecule has 0 saturated carbocycles. The third kappa shape index (κ3) is 5.69. The highest BCUT2D eigenvalue weighted by atomic mass is 32.2. The van der Waals surface area contributed by atoms with Gasteiger partial charge in [0.05, 0.1) is 12.1 Å². The molecule has 0 spiro atoms. The van der Waals surface area contributed by atoms with E-state index in [9.17, 15) is 8.42 Å². The topological polar surface area (TPSA) is 93.8 Å². The Bertz CT molecular complexity index is 365. The van der Waals surface area contributed by atoms with Crippen LogP contribution < -0.4 is 4.72 Å². The van der Waals surface area contributed by atoms with Crippen molar-refractivity contribution < 1.29 is 8.42 Å². The quantitative estimate of drug-likeness (QED) is 0.650. The minimum Gasteiger partial charge on any atom is -0.214 e. The zero-order chi connectivity index (χ0) is 12.4. The predicted octanol–water partition coefficient (Wildman–Crippen LogP) is 1.29. The number of hydrogen-bond donors (Lipinski definition) is 1. The Morgan fingerprint density at radius 1 is 1.25 bits per heavy atom. The lowest BCUT2D eigenvalue weighted by molar-refractivity contribution is 0.566. The first-order valence-electron chi connectivity index (χ1n) is 5.33. The molecule has 0 amide bonds. The Morgan fingerprint density at radius 3 is 2.44 bits per heavy atom. The molecule has 0 aliphatic heterocycles. The van der Waals surface area contributed by atoms with Gasteiger partial charge in [-0.05, 0) is 19.3 Å². The molecule has 0 aliphatic carbocycles. The largest absolute Gasteiger partial charge is 0.227 e. The highest BCUT2D eigenvalue weighted by molar-refractivity contribution is 7.90. The molecule has 0 aromatic heterocycles. The van der Waals surface area contributed by atoms with Crippen LogP contribution in [0.4, 0.5) is 0 Å². The molecular formula is C10H17N3O2S. The van der Waals surface area contributed by atoms with Crippen molar-refractivity contribution in [2.45, 2.75) is 44.3 Å². The molecule has 1 unspecified atom stereocenters. The molecule has 0 radical (unpaired) electrons. The lowest BCUT2D eigenvalue weighted by Crippen LogP contribution is -2.33. The number of unbranched alkanes of at least 4 members (excludes halogenated alkanes) is 3. The maximum Gasteiger partial charge on any atom is 0.227 e. The summed E-state index contributed by atoms with van der Waals surface area (Å²) >= 11 is 0. The van der Waals surface area contributed by atoms with Crippen LogP contribution in [0.3, 0.4) is 0 Å². The number of hydrogen-bond acceptors (Lipinski definition) is 4. The molecule has 0 aromatic carbocycles.